The highest BCUT2D eigenvalue weighted by Gasteiger charge is 2.24. The molecule has 0 bridgehead atoms. The van der Waals surface area contributed by atoms with Gasteiger partial charge in [-0.1, -0.05) is 48.5 Å². The van der Waals surface area contributed by atoms with Crippen molar-refractivity contribution in [1.29, 1.82) is 0 Å². The first-order valence-corrected chi connectivity index (χ1v) is 11.6. The molecule has 0 spiro atoms. The third kappa shape index (κ3) is 8.03. The van der Waals surface area contributed by atoms with Crippen LogP contribution >= 0.6 is 0 Å². The van der Waals surface area contributed by atoms with Crippen LogP contribution in [0.5, 0.6) is 0 Å². The zero-order valence-electron chi connectivity index (χ0n) is 20.9. The van der Waals surface area contributed by atoms with Crippen molar-refractivity contribution in [3.8, 4) is 0 Å². The van der Waals surface area contributed by atoms with Crippen LogP contribution in [-0.4, -0.2) is 38.7 Å². The van der Waals surface area contributed by atoms with Crippen LogP contribution in [0, 0.1) is 0 Å². The zero-order chi connectivity index (χ0) is 27.0. The van der Waals surface area contributed by atoms with Crippen LogP contribution in [0.3, 0.4) is 0 Å². The molecule has 0 saturated carbocycles. The molecule has 10 heteroatoms. The molecule has 10 nitrogen and oxygen atoms in total. The summed E-state index contributed by atoms with van der Waals surface area (Å²) in [6.07, 6.45) is 0.123. The molecule has 194 valence electrons. The van der Waals surface area contributed by atoms with E-state index in [0.29, 0.717) is 4.57 Å². The normalized spacial score (nSPS) is 11.9. The molecule has 1 heterocycles. The molecule has 0 fully saturated rings. The quantitative estimate of drug-likeness (QED) is 0.465. The summed E-state index contributed by atoms with van der Waals surface area (Å²) < 4.78 is 12.2. The average molecular weight is 508 g/mol. The van der Waals surface area contributed by atoms with E-state index in [1.807, 2.05) is 18.2 Å². The standard InChI is InChI=1S/C27H29N3O7/c1-27(2,3)37-25(34)28-21(16-23(32)36-18-19-10-6-4-7-11-19)17-29-15-14-22(31)30(26(29)35)24(33)20-12-8-5-9-13-20/h4-15,21H,16-18H2,1-3H3,(H,28,34)/t21-/m0/s1. The minimum Gasteiger partial charge on any atom is -0.461 e. The molecule has 37 heavy (non-hydrogen) atoms. The van der Waals surface area contributed by atoms with Crippen LogP contribution in [0.4, 0.5) is 4.79 Å². The van der Waals surface area contributed by atoms with E-state index in [9.17, 15) is 24.0 Å². The van der Waals surface area contributed by atoms with Crippen LogP contribution in [-0.2, 0) is 27.4 Å². The third-order valence-corrected chi connectivity index (χ3v) is 5.07. The maximum absolute atomic E-state index is 13.1. The van der Waals surface area contributed by atoms with Crippen molar-refractivity contribution < 1.29 is 23.9 Å². The van der Waals surface area contributed by atoms with Gasteiger partial charge in [0.2, 0.25) is 0 Å². The molecule has 2 aromatic carbocycles. The van der Waals surface area contributed by atoms with Gasteiger partial charge in [0.05, 0.1) is 12.5 Å². The van der Waals surface area contributed by atoms with Crippen molar-refractivity contribution in [3.05, 3.63) is 105 Å². The van der Waals surface area contributed by atoms with Crippen molar-refractivity contribution in [1.82, 2.24) is 14.5 Å². The van der Waals surface area contributed by atoms with Crippen molar-refractivity contribution in [2.24, 2.45) is 0 Å². The van der Waals surface area contributed by atoms with E-state index in [1.165, 1.54) is 18.3 Å². The number of hydrogen-bond donors (Lipinski definition) is 1. The molecule has 0 aliphatic rings. The predicted octanol–water partition coefficient (Wildman–Crippen LogP) is 2.73. The highest BCUT2D eigenvalue weighted by Crippen LogP contribution is 2.09. The first kappa shape index (κ1) is 27.1. The Morgan fingerprint density at radius 3 is 2.16 bits per heavy atom. The molecule has 1 amide bonds. The van der Waals surface area contributed by atoms with Crippen LogP contribution in [0.2, 0.25) is 0 Å². The molecule has 3 rings (SSSR count). The number of amides is 1. The largest absolute Gasteiger partial charge is 0.461 e. The van der Waals surface area contributed by atoms with Crippen molar-refractivity contribution >= 4 is 18.0 Å². The molecular formula is C27H29N3O7. The van der Waals surface area contributed by atoms with Crippen LogP contribution in [0.1, 0.15) is 43.1 Å². The maximum atomic E-state index is 13.1. The lowest BCUT2D eigenvalue weighted by atomic mass is 10.2. The highest BCUT2D eigenvalue weighted by atomic mass is 16.6. The molecule has 0 unspecified atom stereocenters. The van der Waals surface area contributed by atoms with Gasteiger partial charge in [-0.3, -0.25) is 19.0 Å². The lowest BCUT2D eigenvalue weighted by Gasteiger charge is -2.24. The van der Waals surface area contributed by atoms with Gasteiger partial charge in [0.25, 0.3) is 11.5 Å². The molecule has 1 atom stereocenters. The van der Waals surface area contributed by atoms with Crippen LogP contribution < -0.4 is 16.6 Å². The van der Waals surface area contributed by atoms with Gasteiger partial charge in [-0.25, -0.2) is 9.59 Å². The fourth-order valence-corrected chi connectivity index (χ4v) is 3.42. The molecule has 1 N–H and O–H groups in total. The zero-order valence-corrected chi connectivity index (χ0v) is 20.9. The second kappa shape index (κ2) is 12.0. The summed E-state index contributed by atoms with van der Waals surface area (Å²) in [6.45, 7) is 4.87. The molecular weight excluding hydrogens is 478 g/mol. The van der Waals surface area contributed by atoms with E-state index in [0.717, 1.165) is 16.2 Å². The molecule has 3 aromatic rings. The number of esters is 1. The van der Waals surface area contributed by atoms with Crippen molar-refractivity contribution in [2.45, 2.75) is 52.0 Å². The first-order chi connectivity index (χ1) is 17.5. The topological polar surface area (TPSA) is 126 Å². The second-order valence-electron chi connectivity index (χ2n) is 9.29. The van der Waals surface area contributed by atoms with E-state index in [1.54, 1.807) is 51.1 Å². The van der Waals surface area contributed by atoms with Gasteiger partial charge in [0.1, 0.15) is 12.2 Å². The number of carbonyl (C=O) groups excluding carboxylic acids is 3. The van der Waals surface area contributed by atoms with Crippen LogP contribution in [0.15, 0.2) is 82.5 Å². The van der Waals surface area contributed by atoms with Gasteiger partial charge in [-0.05, 0) is 38.5 Å². The Kier molecular flexibility index (Phi) is 8.78. The fraction of sp³-hybridized carbons (Fsp3) is 0.296. The second-order valence-corrected chi connectivity index (χ2v) is 9.29. The van der Waals surface area contributed by atoms with E-state index in [2.05, 4.69) is 5.32 Å². The number of nitrogens with one attached hydrogen (secondary N) is 1. The number of carbonyl (C=O) groups is 3. The molecule has 0 saturated heterocycles. The first-order valence-electron chi connectivity index (χ1n) is 11.6. The SMILES string of the molecule is CC(C)(C)OC(=O)N[C@@H](CC(=O)OCc1ccccc1)Cn1ccc(=O)n(C(=O)c2ccccc2)c1=O. The van der Waals surface area contributed by atoms with Crippen molar-refractivity contribution in [2.75, 3.05) is 0 Å². The molecule has 0 radical (unpaired) electrons. The Morgan fingerprint density at radius 1 is 0.919 bits per heavy atom. The number of rotatable bonds is 8. The van der Waals surface area contributed by atoms with Gasteiger partial charge in [0.15, 0.2) is 0 Å². The number of aromatic nitrogens is 2. The van der Waals surface area contributed by atoms with Crippen molar-refractivity contribution in [3.63, 3.8) is 0 Å². The van der Waals surface area contributed by atoms with E-state index < -0.39 is 40.9 Å². The van der Waals surface area contributed by atoms with Gasteiger partial charge >= 0.3 is 17.8 Å². The summed E-state index contributed by atoms with van der Waals surface area (Å²) in [6, 6.07) is 17.1. The number of benzene rings is 2. The van der Waals surface area contributed by atoms with Gasteiger partial charge in [0, 0.05) is 24.4 Å². The van der Waals surface area contributed by atoms with E-state index >= 15 is 0 Å². The summed E-state index contributed by atoms with van der Waals surface area (Å²) in [5.41, 5.74) is -1.55. The third-order valence-electron chi connectivity index (χ3n) is 5.07. The molecule has 1 aromatic heterocycles. The van der Waals surface area contributed by atoms with E-state index in [-0.39, 0.29) is 25.1 Å². The lowest BCUT2D eigenvalue weighted by molar-refractivity contribution is -0.145. The Bertz CT molecular complexity index is 1360. The summed E-state index contributed by atoms with van der Waals surface area (Å²) in [7, 11) is 0. The van der Waals surface area contributed by atoms with Gasteiger partial charge < -0.3 is 14.8 Å². The predicted molar refractivity (Wildman–Crippen MR) is 135 cm³/mol. The average Bonchev–Trinajstić information content (AvgIpc) is 2.84. The lowest BCUT2D eigenvalue weighted by Crippen LogP contribution is -2.48. The number of hydrogen-bond acceptors (Lipinski definition) is 7. The summed E-state index contributed by atoms with van der Waals surface area (Å²) in [5.74, 6) is -1.41. The summed E-state index contributed by atoms with van der Waals surface area (Å²) in [5, 5.41) is 2.58. The monoisotopic (exact) mass is 507 g/mol. The smallest absolute Gasteiger partial charge is 0.407 e. The Labute approximate surface area is 213 Å². The van der Waals surface area contributed by atoms with Crippen LogP contribution in [0.25, 0.3) is 0 Å². The maximum Gasteiger partial charge on any atom is 0.407 e. The number of nitrogens with zero attached hydrogens (tertiary/aromatic N) is 2. The Hall–Kier alpha value is -4.47. The summed E-state index contributed by atoms with van der Waals surface area (Å²) >= 11 is 0. The Morgan fingerprint density at radius 2 is 1.54 bits per heavy atom. The highest BCUT2D eigenvalue weighted by molar-refractivity contribution is 5.95. The van der Waals surface area contributed by atoms with Gasteiger partial charge in [-0.15, -0.1) is 0 Å². The summed E-state index contributed by atoms with van der Waals surface area (Å²) in [4.78, 5) is 63.3. The number of ether oxygens (including phenoxy) is 2. The van der Waals surface area contributed by atoms with E-state index in [4.69, 9.17) is 9.47 Å². The molecule has 0 aliphatic heterocycles. The fourth-order valence-electron chi connectivity index (χ4n) is 3.42. The number of alkyl carbamates (subject to hydrolysis) is 1. The minimum absolute atomic E-state index is 0.0369. The minimum atomic E-state index is -0.936. The molecule has 0 aliphatic carbocycles. The Balaban J connectivity index is 1.83. The van der Waals surface area contributed by atoms with Gasteiger partial charge in [-0.2, -0.15) is 4.57 Å².